The fraction of sp³-hybridized carbons (Fsp3) is 0.368. The first-order valence-corrected chi connectivity index (χ1v) is 7.84. The molecule has 0 saturated heterocycles. The lowest BCUT2D eigenvalue weighted by atomic mass is 10.1. The topological polar surface area (TPSA) is 41.5 Å². The Morgan fingerprint density at radius 1 is 1.05 bits per heavy atom. The Morgan fingerprint density at radius 3 is 2.41 bits per heavy atom. The van der Waals surface area contributed by atoms with Gasteiger partial charge in [0.25, 0.3) is 0 Å². The molecule has 0 aliphatic heterocycles. The van der Waals surface area contributed by atoms with Gasteiger partial charge in [-0.25, -0.2) is 0 Å². The molecule has 0 bridgehead atoms. The third-order valence-electron chi connectivity index (χ3n) is 3.91. The summed E-state index contributed by atoms with van der Waals surface area (Å²) in [6.45, 7) is 5.58. The molecular weight excluding hydrogens is 274 g/mol. The van der Waals surface area contributed by atoms with Crippen LogP contribution in [-0.2, 0) is 13.2 Å². The zero-order chi connectivity index (χ0) is 15.8. The van der Waals surface area contributed by atoms with Crippen LogP contribution in [0.2, 0.25) is 0 Å². The van der Waals surface area contributed by atoms with Gasteiger partial charge in [-0.15, -0.1) is 0 Å². The Bertz CT molecular complexity index is 579. The Kier molecular flexibility index (Phi) is 6.44. The number of hydrogen-bond acceptors (Lipinski definition) is 3. The third-order valence-corrected chi connectivity index (χ3v) is 3.91. The zero-order valence-electron chi connectivity index (χ0n) is 13.4. The van der Waals surface area contributed by atoms with Crippen LogP contribution in [0.3, 0.4) is 0 Å². The fourth-order valence-corrected chi connectivity index (χ4v) is 2.31. The van der Waals surface area contributed by atoms with Crippen LogP contribution in [0.1, 0.15) is 30.0 Å². The van der Waals surface area contributed by atoms with E-state index in [0.717, 1.165) is 17.7 Å². The molecule has 0 heterocycles. The summed E-state index contributed by atoms with van der Waals surface area (Å²) in [5.74, 6) is 0.894. The predicted molar refractivity (Wildman–Crippen MR) is 90.0 cm³/mol. The van der Waals surface area contributed by atoms with Crippen molar-refractivity contribution in [1.29, 1.82) is 0 Å². The van der Waals surface area contributed by atoms with Crippen LogP contribution in [0.5, 0.6) is 5.75 Å². The summed E-state index contributed by atoms with van der Waals surface area (Å²) >= 11 is 0. The Morgan fingerprint density at radius 2 is 1.73 bits per heavy atom. The van der Waals surface area contributed by atoms with Gasteiger partial charge in [0.05, 0.1) is 6.61 Å². The second-order valence-corrected chi connectivity index (χ2v) is 5.49. The van der Waals surface area contributed by atoms with Crippen molar-refractivity contribution in [2.75, 3.05) is 6.61 Å². The molecule has 0 aliphatic rings. The number of benzene rings is 2. The van der Waals surface area contributed by atoms with Crippen LogP contribution in [-0.4, -0.2) is 17.8 Å². The summed E-state index contributed by atoms with van der Waals surface area (Å²) in [5, 5.41) is 12.6. The van der Waals surface area contributed by atoms with Gasteiger partial charge in [0, 0.05) is 18.2 Å². The van der Waals surface area contributed by atoms with E-state index in [9.17, 15) is 5.11 Å². The Balaban J connectivity index is 2.00. The number of aryl methyl sites for hydroxylation is 1. The Hall–Kier alpha value is -1.84. The number of ether oxygens (including phenoxy) is 1. The molecule has 1 atom stereocenters. The minimum absolute atomic E-state index is 0.129. The van der Waals surface area contributed by atoms with Crippen molar-refractivity contribution in [3.05, 3.63) is 65.2 Å². The van der Waals surface area contributed by atoms with E-state index in [-0.39, 0.29) is 12.6 Å². The highest BCUT2D eigenvalue weighted by molar-refractivity contribution is 5.34. The maximum atomic E-state index is 9.26. The van der Waals surface area contributed by atoms with E-state index in [1.807, 2.05) is 30.3 Å². The highest BCUT2D eigenvalue weighted by Gasteiger charge is 2.07. The van der Waals surface area contributed by atoms with E-state index in [1.165, 1.54) is 11.1 Å². The van der Waals surface area contributed by atoms with Gasteiger partial charge in [0.2, 0.25) is 0 Å². The first-order valence-electron chi connectivity index (χ1n) is 7.84. The molecule has 0 spiro atoms. The Labute approximate surface area is 133 Å². The van der Waals surface area contributed by atoms with Gasteiger partial charge in [0.1, 0.15) is 12.4 Å². The molecule has 0 amide bonds. The molecule has 22 heavy (non-hydrogen) atoms. The van der Waals surface area contributed by atoms with Gasteiger partial charge in [-0.3, -0.25) is 0 Å². The van der Waals surface area contributed by atoms with Crippen LogP contribution in [0, 0.1) is 6.92 Å². The molecule has 0 radical (unpaired) electrons. The molecule has 3 nitrogen and oxygen atoms in total. The summed E-state index contributed by atoms with van der Waals surface area (Å²) in [4.78, 5) is 0. The zero-order valence-corrected chi connectivity index (χ0v) is 13.4. The van der Waals surface area contributed by atoms with Crippen LogP contribution < -0.4 is 10.1 Å². The van der Waals surface area contributed by atoms with Crippen molar-refractivity contribution in [3.8, 4) is 5.75 Å². The minimum Gasteiger partial charge on any atom is -0.489 e. The normalized spacial score (nSPS) is 12.1. The SMILES string of the molecule is CCC(CO)NCc1ccccc1OCc1ccccc1C. The number of para-hydroxylation sites is 1. The van der Waals surface area contributed by atoms with Crippen molar-refractivity contribution in [3.63, 3.8) is 0 Å². The van der Waals surface area contributed by atoms with Crippen LogP contribution >= 0.6 is 0 Å². The van der Waals surface area contributed by atoms with Gasteiger partial charge in [-0.05, 0) is 30.5 Å². The van der Waals surface area contributed by atoms with Gasteiger partial charge < -0.3 is 15.2 Å². The maximum absolute atomic E-state index is 9.26. The average Bonchev–Trinajstić information content (AvgIpc) is 2.56. The molecule has 0 saturated carbocycles. The molecule has 0 fully saturated rings. The smallest absolute Gasteiger partial charge is 0.124 e. The van der Waals surface area contributed by atoms with E-state index < -0.39 is 0 Å². The molecule has 2 aromatic carbocycles. The van der Waals surface area contributed by atoms with E-state index in [1.54, 1.807) is 0 Å². The number of aliphatic hydroxyl groups is 1. The molecule has 2 aromatic rings. The molecule has 2 N–H and O–H groups in total. The van der Waals surface area contributed by atoms with Gasteiger partial charge in [0.15, 0.2) is 0 Å². The summed E-state index contributed by atoms with van der Waals surface area (Å²) in [6, 6.07) is 16.4. The molecular formula is C19H25NO2. The summed E-state index contributed by atoms with van der Waals surface area (Å²) < 4.78 is 6.00. The average molecular weight is 299 g/mol. The summed E-state index contributed by atoms with van der Waals surface area (Å²) in [6.07, 6.45) is 0.905. The largest absolute Gasteiger partial charge is 0.489 e. The van der Waals surface area contributed by atoms with Crippen molar-refractivity contribution >= 4 is 0 Å². The highest BCUT2D eigenvalue weighted by Crippen LogP contribution is 2.20. The lowest BCUT2D eigenvalue weighted by Gasteiger charge is -2.17. The maximum Gasteiger partial charge on any atom is 0.124 e. The van der Waals surface area contributed by atoms with Crippen LogP contribution in [0.25, 0.3) is 0 Å². The predicted octanol–water partition coefficient (Wildman–Crippen LogP) is 3.43. The van der Waals surface area contributed by atoms with Gasteiger partial charge in [-0.2, -0.15) is 0 Å². The second-order valence-electron chi connectivity index (χ2n) is 5.49. The molecule has 3 heteroatoms. The second kappa shape index (κ2) is 8.57. The monoisotopic (exact) mass is 299 g/mol. The lowest BCUT2D eigenvalue weighted by molar-refractivity contribution is 0.237. The van der Waals surface area contributed by atoms with Crippen LogP contribution in [0.4, 0.5) is 0 Å². The lowest BCUT2D eigenvalue weighted by Crippen LogP contribution is -2.31. The highest BCUT2D eigenvalue weighted by atomic mass is 16.5. The third kappa shape index (κ3) is 4.58. The standard InChI is InChI=1S/C19H25NO2/c1-3-18(13-21)20-12-16-9-6-7-11-19(16)22-14-17-10-5-4-8-15(17)2/h4-11,18,20-21H,3,12-14H2,1-2H3. The van der Waals surface area contributed by atoms with Crippen LogP contribution in [0.15, 0.2) is 48.5 Å². The number of hydrogen-bond donors (Lipinski definition) is 2. The number of aliphatic hydroxyl groups excluding tert-OH is 1. The van der Waals surface area contributed by atoms with Crippen molar-refractivity contribution < 1.29 is 9.84 Å². The summed E-state index contributed by atoms with van der Waals surface area (Å²) in [7, 11) is 0. The van der Waals surface area contributed by atoms with Crippen molar-refractivity contribution in [2.24, 2.45) is 0 Å². The number of rotatable bonds is 8. The van der Waals surface area contributed by atoms with E-state index >= 15 is 0 Å². The molecule has 118 valence electrons. The minimum atomic E-state index is 0.129. The summed E-state index contributed by atoms with van der Waals surface area (Å²) in [5.41, 5.74) is 3.56. The van der Waals surface area contributed by atoms with E-state index in [0.29, 0.717) is 13.2 Å². The van der Waals surface area contributed by atoms with Gasteiger partial charge >= 0.3 is 0 Å². The first-order chi connectivity index (χ1) is 10.7. The van der Waals surface area contributed by atoms with E-state index in [4.69, 9.17) is 4.74 Å². The fourth-order valence-electron chi connectivity index (χ4n) is 2.31. The number of nitrogens with one attached hydrogen (secondary N) is 1. The first kappa shape index (κ1) is 16.5. The van der Waals surface area contributed by atoms with Crippen molar-refractivity contribution in [1.82, 2.24) is 5.32 Å². The molecule has 0 aliphatic carbocycles. The quantitative estimate of drug-likeness (QED) is 0.784. The molecule has 2 rings (SSSR count). The molecule has 1 unspecified atom stereocenters. The van der Waals surface area contributed by atoms with E-state index in [2.05, 4.69) is 37.4 Å². The van der Waals surface area contributed by atoms with Crippen molar-refractivity contribution in [2.45, 2.75) is 39.5 Å². The van der Waals surface area contributed by atoms with Gasteiger partial charge in [-0.1, -0.05) is 49.4 Å². The molecule has 0 aromatic heterocycles.